The first-order chi connectivity index (χ1) is 7.11. The number of aromatic nitrogens is 1. The second-order valence-corrected chi connectivity index (χ2v) is 5.20. The third-order valence-corrected chi connectivity index (χ3v) is 3.87. The van der Waals surface area contributed by atoms with Gasteiger partial charge in [-0.2, -0.15) is 0 Å². The lowest BCUT2D eigenvalue weighted by molar-refractivity contribution is 0.564. The fourth-order valence-electron chi connectivity index (χ4n) is 1.84. The molecule has 0 spiro atoms. The lowest BCUT2D eigenvalue weighted by atomic mass is 10.0. The molecule has 0 amide bonds. The predicted octanol–water partition coefficient (Wildman–Crippen LogP) is 2.32. The van der Waals surface area contributed by atoms with E-state index < -0.39 is 0 Å². The Balaban J connectivity index is 2.20. The number of nitrogens with one attached hydrogen (secondary N) is 2. The first-order valence-electron chi connectivity index (χ1n) is 5.21. The molecule has 0 bridgehead atoms. The van der Waals surface area contributed by atoms with E-state index >= 15 is 0 Å². The largest absolute Gasteiger partial charge is 0.363 e. The fourth-order valence-corrected chi connectivity index (χ4v) is 2.17. The molecule has 0 aromatic carbocycles. The highest BCUT2D eigenvalue weighted by Gasteiger charge is 2.29. The number of anilines is 1. The average Bonchev–Trinajstić information content (AvgIpc) is 2.60. The van der Waals surface area contributed by atoms with Crippen molar-refractivity contribution in [3.8, 4) is 0 Å². The molecule has 0 aliphatic carbocycles. The Bertz CT molecular complexity index is 359. The van der Waals surface area contributed by atoms with Crippen LogP contribution in [0, 0.1) is 6.92 Å². The molecule has 1 atom stereocenters. The summed E-state index contributed by atoms with van der Waals surface area (Å²) in [6, 6.07) is 2.00. The molecule has 1 aliphatic rings. The van der Waals surface area contributed by atoms with Gasteiger partial charge >= 0.3 is 0 Å². The Labute approximate surface area is 98.8 Å². The van der Waals surface area contributed by atoms with Crippen molar-refractivity contribution in [1.29, 1.82) is 0 Å². The molecule has 1 saturated heterocycles. The topological polar surface area (TPSA) is 37.0 Å². The molecule has 2 N–H and O–H groups in total. The molecular formula is C11H16BrN3. The summed E-state index contributed by atoms with van der Waals surface area (Å²) in [5, 5.41) is 6.87. The van der Waals surface area contributed by atoms with Gasteiger partial charge in [0.05, 0.1) is 4.47 Å². The number of pyridine rings is 1. The van der Waals surface area contributed by atoms with E-state index in [1.54, 1.807) is 0 Å². The van der Waals surface area contributed by atoms with Crippen molar-refractivity contribution in [2.45, 2.75) is 25.8 Å². The van der Waals surface area contributed by atoms with Gasteiger partial charge in [0.25, 0.3) is 0 Å². The van der Waals surface area contributed by atoms with Crippen LogP contribution in [0.2, 0.25) is 0 Å². The standard InChI is InChI=1S/C11H16BrN3/c1-8-3-5-14-10(9(8)12)15-11(2)4-6-13-7-11/h3,5,13H,4,6-7H2,1-2H3,(H,14,15). The quantitative estimate of drug-likeness (QED) is 0.866. The zero-order chi connectivity index (χ0) is 10.9. The Morgan fingerprint density at radius 2 is 2.40 bits per heavy atom. The third kappa shape index (κ3) is 2.32. The van der Waals surface area contributed by atoms with Crippen molar-refractivity contribution in [3.05, 3.63) is 22.3 Å². The van der Waals surface area contributed by atoms with Gasteiger partial charge in [-0.3, -0.25) is 0 Å². The van der Waals surface area contributed by atoms with E-state index in [9.17, 15) is 0 Å². The van der Waals surface area contributed by atoms with E-state index in [-0.39, 0.29) is 5.54 Å². The second kappa shape index (κ2) is 4.10. The summed E-state index contributed by atoms with van der Waals surface area (Å²) in [5.41, 5.74) is 1.34. The molecule has 15 heavy (non-hydrogen) atoms. The molecule has 2 rings (SSSR count). The summed E-state index contributed by atoms with van der Waals surface area (Å²) in [7, 11) is 0. The van der Waals surface area contributed by atoms with Crippen LogP contribution in [0.3, 0.4) is 0 Å². The lowest BCUT2D eigenvalue weighted by Gasteiger charge is -2.26. The van der Waals surface area contributed by atoms with Gasteiger partial charge in [-0.05, 0) is 54.4 Å². The van der Waals surface area contributed by atoms with Gasteiger partial charge in [0.15, 0.2) is 0 Å². The Morgan fingerprint density at radius 3 is 3.07 bits per heavy atom. The van der Waals surface area contributed by atoms with Crippen molar-refractivity contribution >= 4 is 21.7 Å². The van der Waals surface area contributed by atoms with Gasteiger partial charge in [0, 0.05) is 18.3 Å². The number of halogens is 1. The van der Waals surface area contributed by atoms with E-state index in [4.69, 9.17) is 0 Å². The van der Waals surface area contributed by atoms with Crippen LogP contribution in [-0.4, -0.2) is 23.6 Å². The number of aryl methyl sites for hydroxylation is 1. The van der Waals surface area contributed by atoms with Crippen LogP contribution in [0.4, 0.5) is 5.82 Å². The van der Waals surface area contributed by atoms with Gasteiger partial charge in [-0.1, -0.05) is 0 Å². The molecule has 4 heteroatoms. The lowest BCUT2D eigenvalue weighted by Crippen LogP contribution is -2.37. The van der Waals surface area contributed by atoms with Crippen LogP contribution in [0.1, 0.15) is 18.9 Å². The first kappa shape index (κ1) is 10.9. The van der Waals surface area contributed by atoms with Crippen LogP contribution in [0.25, 0.3) is 0 Å². The highest BCUT2D eigenvalue weighted by Crippen LogP contribution is 2.27. The molecule has 1 aliphatic heterocycles. The average molecular weight is 270 g/mol. The van der Waals surface area contributed by atoms with E-state index in [1.807, 2.05) is 12.3 Å². The highest BCUT2D eigenvalue weighted by atomic mass is 79.9. The molecule has 2 heterocycles. The highest BCUT2D eigenvalue weighted by molar-refractivity contribution is 9.10. The van der Waals surface area contributed by atoms with Gasteiger partial charge in [0.2, 0.25) is 0 Å². The maximum absolute atomic E-state index is 4.36. The summed E-state index contributed by atoms with van der Waals surface area (Å²) >= 11 is 3.57. The number of rotatable bonds is 2. The van der Waals surface area contributed by atoms with Crippen LogP contribution >= 0.6 is 15.9 Å². The molecule has 1 unspecified atom stereocenters. The minimum atomic E-state index is 0.128. The third-order valence-electron chi connectivity index (χ3n) is 2.87. The SMILES string of the molecule is Cc1ccnc(NC2(C)CCNC2)c1Br. The van der Waals surface area contributed by atoms with E-state index in [0.29, 0.717) is 0 Å². The monoisotopic (exact) mass is 269 g/mol. The molecular weight excluding hydrogens is 254 g/mol. The summed E-state index contributed by atoms with van der Waals surface area (Å²) in [4.78, 5) is 4.36. The fraction of sp³-hybridized carbons (Fsp3) is 0.545. The van der Waals surface area contributed by atoms with Crippen molar-refractivity contribution in [2.75, 3.05) is 18.4 Å². The van der Waals surface area contributed by atoms with Crippen molar-refractivity contribution in [2.24, 2.45) is 0 Å². The summed E-state index contributed by atoms with van der Waals surface area (Å²) in [6.07, 6.45) is 2.98. The first-order valence-corrected chi connectivity index (χ1v) is 6.00. The van der Waals surface area contributed by atoms with E-state index in [0.717, 1.165) is 29.8 Å². The summed E-state index contributed by atoms with van der Waals surface area (Å²) < 4.78 is 1.07. The second-order valence-electron chi connectivity index (χ2n) is 4.40. The number of hydrogen-bond acceptors (Lipinski definition) is 3. The predicted molar refractivity (Wildman–Crippen MR) is 66.2 cm³/mol. The molecule has 0 radical (unpaired) electrons. The van der Waals surface area contributed by atoms with Crippen LogP contribution in [0.5, 0.6) is 0 Å². The normalized spacial score (nSPS) is 25.5. The summed E-state index contributed by atoms with van der Waals surface area (Å²) in [5.74, 6) is 0.946. The van der Waals surface area contributed by atoms with Crippen LogP contribution < -0.4 is 10.6 Å². The van der Waals surface area contributed by atoms with E-state index in [1.165, 1.54) is 5.56 Å². The van der Waals surface area contributed by atoms with Crippen LogP contribution in [-0.2, 0) is 0 Å². The maximum atomic E-state index is 4.36. The Kier molecular flexibility index (Phi) is 2.98. The smallest absolute Gasteiger partial charge is 0.141 e. The molecule has 3 nitrogen and oxygen atoms in total. The van der Waals surface area contributed by atoms with Crippen molar-refractivity contribution < 1.29 is 0 Å². The number of nitrogens with zero attached hydrogens (tertiary/aromatic N) is 1. The zero-order valence-electron chi connectivity index (χ0n) is 9.10. The maximum Gasteiger partial charge on any atom is 0.141 e. The van der Waals surface area contributed by atoms with E-state index in [2.05, 4.69) is 45.4 Å². The minimum Gasteiger partial charge on any atom is -0.363 e. The Morgan fingerprint density at radius 1 is 1.60 bits per heavy atom. The van der Waals surface area contributed by atoms with Gasteiger partial charge in [-0.15, -0.1) is 0 Å². The minimum absolute atomic E-state index is 0.128. The van der Waals surface area contributed by atoms with Crippen molar-refractivity contribution in [3.63, 3.8) is 0 Å². The molecule has 82 valence electrons. The van der Waals surface area contributed by atoms with Gasteiger partial charge < -0.3 is 10.6 Å². The van der Waals surface area contributed by atoms with Gasteiger partial charge in [-0.25, -0.2) is 4.98 Å². The summed E-state index contributed by atoms with van der Waals surface area (Å²) in [6.45, 7) is 6.37. The van der Waals surface area contributed by atoms with Crippen molar-refractivity contribution in [1.82, 2.24) is 10.3 Å². The molecule has 1 aromatic heterocycles. The number of hydrogen-bond donors (Lipinski definition) is 2. The molecule has 1 aromatic rings. The molecule has 0 saturated carbocycles. The molecule has 1 fully saturated rings. The van der Waals surface area contributed by atoms with Crippen LogP contribution in [0.15, 0.2) is 16.7 Å². The Hall–Kier alpha value is -0.610. The zero-order valence-corrected chi connectivity index (χ0v) is 10.7. The van der Waals surface area contributed by atoms with Gasteiger partial charge in [0.1, 0.15) is 5.82 Å².